The summed E-state index contributed by atoms with van der Waals surface area (Å²) >= 11 is 0. The summed E-state index contributed by atoms with van der Waals surface area (Å²) < 4.78 is 16.6. The molecule has 0 rings (SSSR count). The number of hydrogen-bond donors (Lipinski definition) is 0. The Balaban J connectivity index is 4.63. The number of unbranched alkanes of at least 4 members (excludes halogenated alkanes) is 13. The lowest BCUT2D eigenvalue weighted by Crippen LogP contribution is -2.30. The molecule has 63 heavy (non-hydrogen) atoms. The Labute approximate surface area is 385 Å². The highest BCUT2D eigenvalue weighted by molar-refractivity contribution is 5.71. The van der Waals surface area contributed by atoms with Crippen LogP contribution in [0.1, 0.15) is 188 Å². The van der Waals surface area contributed by atoms with Gasteiger partial charge in [-0.05, 0) is 89.9 Å². The van der Waals surface area contributed by atoms with Gasteiger partial charge >= 0.3 is 17.9 Å². The monoisotopic (exact) mass is 869 g/mol. The van der Waals surface area contributed by atoms with Crippen LogP contribution in [0.4, 0.5) is 0 Å². The normalized spacial score (nSPS) is 13.3. The molecule has 0 aliphatic rings. The predicted octanol–water partition coefficient (Wildman–Crippen LogP) is 16.3. The molecule has 0 aromatic carbocycles. The molecule has 6 nitrogen and oxygen atoms in total. The van der Waals surface area contributed by atoms with Crippen LogP contribution in [0, 0.1) is 0 Å². The van der Waals surface area contributed by atoms with Crippen molar-refractivity contribution in [1.82, 2.24) is 0 Å². The maximum absolute atomic E-state index is 12.8. The molecule has 0 aromatic rings. The summed E-state index contributed by atoms with van der Waals surface area (Å²) in [6, 6.07) is 0. The molecular formula is C57H88O6. The fourth-order valence-corrected chi connectivity index (χ4v) is 6.10. The molecule has 0 saturated carbocycles. The van der Waals surface area contributed by atoms with Gasteiger partial charge in [0.2, 0.25) is 0 Å². The molecule has 0 bridgehead atoms. The minimum absolute atomic E-state index is 0.146. The second-order valence-electron chi connectivity index (χ2n) is 15.7. The van der Waals surface area contributed by atoms with Gasteiger partial charge in [-0.15, -0.1) is 0 Å². The van der Waals surface area contributed by atoms with E-state index in [2.05, 4.69) is 87.6 Å². The molecular weight excluding hydrogens is 781 g/mol. The molecule has 0 aliphatic carbocycles. The van der Waals surface area contributed by atoms with Gasteiger partial charge in [0.15, 0.2) is 6.10 Å². The summed E-state index contributed by atoms with van der Waals surface area (Å²) in [5, 5.41) is 0. The highest BCUT2D eigenvalue weighted by Gasteiger charge is 2.19. The Kier molecular flexibility index (Phi) is 46.7. The van der Waals surface area contributed by atoms with Gasteiger partial charge in [-0.2, -0.15) is 0 Å². The summed E-state index contributed by atoms with van der Waals surface area (Å²) in [4.78, 5) is 37.9. The molecule has 0 amide bonds. The van der Waals surface area contributed by atoms with Crippen LogP contribution in [0.5, 0.6) is 0 Å². The van der Waals surface area contributed by atoms with Crippen molar-refractivity contribution in [3.63, 3.8) is 0 Å². The molecule has 1 atom stereocenters. The standard InChI is InChI=1S/C57H88O6/c1-4-7-10-13-16-19-22-25-27-29-32-35-38-41-44-47-50-56(59)62-53-54(52-61-55(58)49-46-43-40-37-34-31-24-21-18-15-12-9-6-3)63-57(60)51-48-45-42-39-36-33-30-28-26-23-20-17-14-11-8-5-2/h7,9-10,12,15-16,18-19,21,24-25,27-28,30-32,34-35,37,40-41,44,54H,4-6,8,11,13-14,17,20,22-23,26,29,33,36,38-39,42-43,45-53H2,1-3H3/b10-7-,12-9-,18-15-,19-16-,24-21-,27-25-,30-28-,34-31-,35-32-,40-37-,44-41-. The third-order valence-electron chi connectivity index (χ3n) is 9.76. The second-order valence-corrected chi connectivity index (χ2v) is 15.7. The number of esters is 3. The number of allylic oxidation sites excluding steroid dienone is 22. The Morgan fingerprint density at radius 3 is 1.29 bits per heavy atom. The second kappa shape index (κ2) is 50.2. The van der Waals surface area contributed by atoms with Crippen molar-refractivity contribution in [2.24, 2.45) is 0 Å². The molecule has 0 N–H and O–H groups in total. The van der Waals surface area contributed by atoms with Gasteiger partial charge in [-0.25, -0.2) is 0 Å². The Hall–Kier alpha value is -4.45. The fourth-order valence-electron chi connectivity index (χ4n) is 6.10. The van der Waals surface area contributed by atoms with E-state index in [1.54, 1.807) is 0 Å². The average Bonchev–Trinajstić information content (AvgIpc) is 3.28. The molecule has 6 heteroatoms. The van der Waals surface area contributed by atoms with E-state index in [4.69, 9.17) is 14.2 Å². The number of rotatable bonds is 42. The minimum atomic E-state index is -0.845. The van der Waals surface area contributed by atoms with Crippen molar-refractivity contribution in [2.45, 2.75) is 194 Å². The molecule has 1 unspecified atom stereocenters. The molecule has 352 valence electrons. The van der Waals surface area contributed by atoms with E-state index < -0.39 is 6.10 Å². The molecule has 0 saturated heterocycles. The summed E-state index contributed by atoms with van der Waals surface area (Å²) in [5.74, 6) is -1.12. The van der Waals surface area contributed by atoms with Gasteiger partial charge in [-0.1, -0.05) is 212 Å². The fraction of sp³-hybridized carbons (Fsp3) is 0.561. The number of hydrogen-bond acceptors (Lipinski definition) is 6. The Bertz CT molecular complexity index is 1420. The zero-order valence-corrected chi connectivity index (χ0v) is 40.0. The first kappa shape index (κ1) is 58.6. The van der Waals surface area contributed by atoms with Crippen LogP contribution in [-0.2, 0) is 28.6 Å². The maximum atomic E-state index is 12.8. The summed E-state index contributed by atoms with van der Waals surface area (Å²) in [6.07, 6.45) is 70.3. The number of carbonyl (C=O) groups is 3. The van der Waals surface area contributed by atoms with E-state index in [1.807, 2.05) is 66.8 Å². The van der Waals surface area contributed by atoms with E-state index in [0.717, 1.165) is 77.0 Å². The van der Waals surface area contributed by atoms with Crippen LogP contribution in [-0.4, -0.2) is 37.2 Å². The molecule has 0 heterocycles. The van der Waals surface area contributed by atoms with Crippen LogP contribution in [0.2, 0.25) is 0 Å². The topological polar surface area (TPSA) is 78.9 Å². The lowest BCUT2D eigenvalue weighted by Gasteiger charge is -2.18. The summed E-state index contributed by atoms with van der Waals surface area (Å²) in [7, 11) is 0. The van der Waals surface area contributed by atoms with Gasteiger partial charge in [0, 0.05) is 19.3 Å². The molecule has 0 aliphatic heterocycles. The van der Waals surface area contributed by atoms with Crippen LogP contribution in [0.15, 0.2) is 134 Å². The molecule has 0 aromatic heterocycles. The quantitative estimate of drug-likeness (QED) is 0.0200. The predicted molar refractivity (Wildman–Crippen MR) is 269 cm³/mol. The maximum Gasteiger partial charge on any atom is 0.306 e. The Morgan fingerprint density at radius 1 is 0.349 bits per heavy atom. The minimum Gasteiger partial charge on any atom is -0.462 e. The van der Waals surface area contributed by atoms with E-state index in [9.17, 15) is 14.4 Å². The molecule has 0 radical (unpaired) electrons. The van der Waals surface area contributed by atoms with Crippen molar-refractivity contribution in [3.05, 3.63) is 134 Å². The zero-order chi connectivity index (χ0) is 45.8. The summed E-state index contributed by atoms with van der Waals surface area (Å²) in [6.45, 7) is 6.21. The number of ether oxygens (including phenoxy) is 3. The third-order valence-corrected chi connectivity index (χ3v) is 9.76. The Morgan fingerprint density at radius 2 is 0.746 bits per heavy atom. The lowest BCUT2D eigenvalue weighted by atomic mass is 10.1. The first-order valence-corrected chi connectivity index (χ1v) is 24.8. The van der Waals surface area contributed by atoms with Crippen LogP contribution < -0.4 is 0 Å². The van der Waals surface area contributed by atoms with Gasteiger partial charge in [-0.3, -0.25) is 14.4 Å². The molecule has 0 spiro atoms. The van der Waals surface area contributed by atoms with Crippen molar-refractivity contribution >= 4 is 17.9 Å². The third kappa shape index (κ3) is 48.4. The highest BCUT2D eigenvalue weighted by atomic mass is 16.6. The van der Waals surface area contributed by atoms with E-state index in [-0.39, 0.29) is 50.4 Å². The van der Waals surface area contributed by atoms with Crippen LogP contribution in [0.25, 0.3) is 0 Å². The van der Waals surface area contributed by atoms with Crippen LogP contribution >= 0.6 is 0 Å². The van der Waals surface area contributed by atoms with Gasteiger partial charge in [0.25, 0.3) is 0 Å². The first-order valence-electron chi connectivity index (χ1n) is 24.8. The lowest BCUT2D eigenvalue weighted by molar-refractivity contribution is -0.166. The molecule has 0 fully saturated rings. The summed E-state index contributed by atoms with van der Waals surface area (Å²) in [5.41, 5.74) is 0. The van der Waals surface area contributed by atoms with Crippen molar-refractivity contribution in [2.75, 3.05) is 13.2 Å². The van der Waals surface area contributed by atoms with Crippen molar-refractivity contribution in [3.8, 4) is 0 Å². The highest BCUT2D eigenvalue weighted by Crippen LogP contribution is 2.12. The van der Waals surface area contributed by atoms with Gasteiger partial charge in [0.05, 0.1) is 0 Å². The smallest absolute Gasteiger partial charge is 0.306 e. The van der Waals surface area contributed by atoms with Crippen molar-refractivity contribution in [1.29, 1.82) is 0 Å². The van der Waals surface area contributed by atoms with E-state index >= 15 is 0 Å². The van der Waals surface area contributed by atoms with Crippen molar-refractivity contribution < 1.29 is 28.6 Å². The van der Waals surface area contributed by atoms with Gasteiger partial charge in [0.1, 0.15) is 13.2 Å². The van der Waals surface area contributed by atoms with E-state index in [0.29, 0.717) is 12.8 Å². The zero-order valence-electron chi connectivity index (χ0n) is 40.0. The largest absolute Gasteiger partial charge is 0.462 e. The average molecular weight is 869 g/mol. The number of carbonyl (C=O) groups excluding carboxylic acids is 3. The van der Waals surface area contributed by atoms with Crippen LogP contribution in [0.3, 0.4) is 0 Å². The SMILES string of the molecule is CC\C=C/C=C\C=C/C=C\C=C/CCCC(=O)OCC(COC(=O)CC/C=C\C/C=C\C/C=C\C/C=C\C/C=C\CC)OC(=O)CCCCCCC/C=C\CCCCCCCCC. The van der Waals surface area contributed by atoms with Gasteiger partial charge < -0.3 is 14.2 Å². The van der Waals surface area contributed by atoms with E-state index in [1.165, 1.54) is 57.8 Å². The first-order chi connectivity index (χ1) is 31.0.